The number of anilines is 1. The van der Waals surface area contributed by atoms with E-state index in [0.717, 1.165) is 51.0 Å². The standard InChI is InChI=1S/C21H35N5O.HI/c1-22-20(25-17-21(11-14-27-2)9-3-4-10-21)24-16-18-7-8-19(23-15-18)26-12-5-6-13-26;/h7-8,15H,3-6,9-14,16-17H2,1-2H3,(H2,22,24,25);1H. The number of ether oxygens (including phenoxy) is 1. The second kappa shape index (κ2) is 11.8. The maximum atomic E-state index is 5.33. The van der Waals surface area contributed by atoms with Crippen LogP contribution >= 0.6 is 24.0 Å². The van der Waals surface area contributed by atoms with Gasteiger partial charge in [0.15, 0.2) is 5.96 Å². The number of aliphatic imine (C=N–C) groups is 1. The van der Waals surface area contributed by atoms with Crippen molar-refractivity contribution in [2.24, 2.45) is 10.4 Å². The summed E-state index contributed by atoms with van der Waals surface area (Å²) in [6.07, 6.45) is 10.9. The Labute approximate surface area is 186 Å². The van der Waals surface area contributed by atoms with Gasteiger partial charge in [-0.1, -0.05) is 18.9 Å². The molecular weight excluding hydrogens is 465 g/mol. The van der Waals surface area contributed by atoms with Gasteiger partial charge in [0.25, 0.3) is 0 Å². The summed E-state index contributed by atoms with van der Waals surface area (Å²) in [6.45, 7) is 4.79. The highest BCUT2D eigenvalue weighted by atomic mass is 127. The lowest BCUT2D eigenvalue weighted by Gasteiger charge is -2.30. The number of pyridine rings is 1. The summed E-state index contributed by atoms with van der Waals surface area (Å²) in [5.74, 6) is 1.96. The molecule has 1 aromatic heterocycles. The van der Waals surface area contributed by atoms with Gasteiger partial charge >= 0.3 is 0 Å². The summed E-state index contributed by atoms with van der Waals surface area (Å²) < 4.78 is 5.33. The van der Waals surface area contributed by atoms with Gasteiger partial charge in [0.2, 0.25) is 0 Å². The van der Waals surface area contributed by atoms with Crippen molar-refractivity contribution in [1.82, 2.24) is 15.6 Å². The number of rotatable bonds is 8. The maximum absolute atomic E-state index is 5.33. The molecule has 0 radical (unpaired) electrons. The fourth-order valence-electron chi connectivity index (χ4n) is 4.29. The second-order valence-electron chi connectivity index (χ2n) is 7.95. The Kier molecular flexibility index (Phi) is 9.77. The van der Waals surface area contributed by atoms with Crippen molar-refractivity contribution >= 4 is 35.8 Å². The molecule has 0 amide bonds. The fraction of sp³-hybridized carbons (Fsp3) is 0.714. The molecule has 1 aliphatic carbocycles. The lowest BCUT2D eigenvalue weighted by atomic mass is 9.83. The minimum Gasteiger partial charge on any atom is -0.385 e. The van der Waals surface area contributed by atoms with Gasteiger partial charge in [-0.25, -0.2) is 4.98 Å². The average Bonchev–Trinajstić information content (AvgIpc) is 3.40. The van der Waals surface area contributed by atoms with Gasteiger partial charge in [-0.3, -0.25) is 4.99 Å². The molecule has 1 aromatic rings. The third-order valence-corrected chi connectivity index (χ3v) is 6.05. The molecule has 7 heteroatoms. The first-order chi connectivity index (χ1) is 13.2. The minimum atomic E-state index is 0. The van der Waals surface area contributed by atoms with Gasteiger partial charge in [-0.15, -0.1) is 24.0 Å². The maximum Gasteiger partial charge on any atom is 0.191 e. The molecule has 2 fully saturated rings. The topological polar surface area (TPSA) is 61.8 Å². The van der Waals surface area contributed by atoms with Crippen LogP contribution in [0.4, 0.5) is 5.82 Å². The zero-order valence-corrected chi connectivity index (χ0v) is 19.7. The number of halogens is 1. The van der Waals surface area contributed by atoms with Crippen LogP contribution in [0.5, 0.6) is 0 Å². The zero-order valence-electron chi connectivity index (χ0n) is 17.4. The number of methoxy groups -OCH3 is 1. The Morgan fingerprint density at radius 1 is 1.18 bits per heavy atom. The lowest BCUT2D eigenvalue weighted by molar-refractivity contribution is 0.138. The summed E-state index contributed by atoms with van der Waals surface area (Å²) in [4.78, 5) is 11.4. The van der Waals surface area contributed by atoms with Gasteiger partial charge < -0.3 is 20.3 Å². The average molecular weight is 501 g/mol. The number of aromatic nitrogens is 1. The molecule has 0 unspecified atom stereocenters. The molecule has 0 spiro atoms. The molecule has 1 aliphatic heterocycles. The van der Waals surface area contributed by atoms with Crippen LogP contribution in [-0.4, -0.2) is 51.3 Å². The number of nitrogens with zero attached hydrogens (tertiary/aromatic N) is 3. The van der Waals surface area contributed by atoms with Gasteiger partial charge in [0.05, 0.1) is 0 Å². The summed E-state index contributed by atoms with van der Waals surface area (Å²) in [5.41, 5.74) is 1.53. The summed E-state index contributed by atoms with van der Waals surface area (Å²) in [5, 5.41) is 6.97. The predicted octanol–water partition coefficient (Wildman–Crippen LogP) is 3.56. The van der Waals surface area contributed by atoms with E-state index in [9.17, 15) is 0 Å². The number of hydrogen-bond donors (Lipinski definition) is 2. The number of hydrogen-bond acceptors (Lipinski definition) is 4. The first kappa shape index (κ1) is 23.2. The van der Waals surface area contributed by atoms with E-state index in [1.807, 2.05) is 13.2 Å². The molecule has 6 nitrogen and oxygen atoms in total. The molecule has 3 rings (SSSR count). The van der Waals surface area contributed by atoms with Crippen LogP contribution in [0.15, 0.2) is 23.3 Å². The van der Waals surface area contributed by atoms with Crippen molar-refractivity contribution in [3.8, 4) is 0 Å². The molecule has 0 aromatic carbocycles. The van der Waals surface area contributed by atoms with Gasteiger partial charge in [0, 0.05) is 53.1 Å². The normalized spacial score (nSPS) is 18.8. The zero-order chi connectivity index (χ0) is 19.0. The van der Waals surface area contributed by atoms with Crippen molar-refractivity contribution in [1.29, 1.82) is 0 Å². The Bertz CT molecular complexity index is 595. The first-order valence-electron chi connectivity index (χ1n) is 10.4. The molecular formula is C21H36IN5O. The van der Waals surface area contributed by atoms with Crippen molar-refractivity contribution in [2.45, 2.75) is 51.5 Å². The highest BCUT2D eigenvalue weighted by Gasteiger charge is 2.33. The fourth-order valence-corrected chi connectivity index (χ4v) is 4.29. The number of guanidine groups is 1. The molecule has 0 atom stereocenters. The smallest absolute Gasteiger partial charge is 0.191 e. The van der Waals surface area contributed by atoms with Crippen LogP contribution in [-0.2, 0) is 11.3 Å². The molecule has 2 N–H and O–H groups in total. The molecule has 2 aliphatic rings. The van der Waals surface area contributed by atoms with Gasteiger partial charge in [-0.2, -0.15) is 0 Å². The van der Waals surface area contributed by atoms with Gasteiger partial charge in [-0.05, 0) is 49.1 Å². The van der Waals surface area contributed by atoms with Crippen LogP contribution in [0, 0.1) is 5.41 Å². The molecule has 0 bridgehead atoms. The van der Waals surface area contributed by atoms with E-state index >= 15 is 0 Å². The van der Waals surface area contributed by atoms with E-state index in [2.05, 4.69) is 37.6 Å². The first-order valence-corrected chi connectivity index (χ1v) is 10.4. The largest absolute Gasteiger partial charge is 0.385 e. The van der Waals surface area contributed by atoms with E-state index in [4.69, 9.17) is 4.74 Å². The number of nitrogens with one attached hydrogen (secondary N) is 2. The summed E-state index contributed by atoms with van der Waals surface area (Å²) in [6, 6.07) is 4.30. The van der Waals surface area contributed by atoms with Gasteiger partial charge in [0.1, 0.15) is 5.82 Å². The van der Waals surface area contributed by atoms with Crippen molar-refractivity contribution in [3.05, 3.63) is 23.9 Å². The van der Waals surface area contributed by atoms with Crippen LogP contribution in [0.1, 0.15) is 50.5 Å². The Balaban J connectivity index is 0.00000280. The molecule has 1 saturated heterocycles. The summed E-state index contributed by atoms with van der Waals surface area (Å²) >= 11 is 0. The predicted molar refractivity (Wildman–Crippen MR) is 127 cm³/mol. The second-order valence-corrected chi connectivity index (χ2v) is 7.95. The van der Waals surface area contributed by atoms with Crippen LogP contribution in [0.25, 0.3) is 0 Å². The van der Waals surface area contributed by atoms with Crippen LogP contribution in [0.2, 0.25) is 0 Å². The molecule has 2 heterocycles. The highest BCUT2D eigenvalue weighted by molar-refractivity contribution is 14.0. The lowest BCUT2D eigenvalue weighted by Crippen LogP contribution is -2.43. The minimum absolute atomic E-state index is 0. The van der Waals surface area contributed by atoms with E-state index in [0.29, 0.717) is 5.41 Å². The third kappa shape index (κ3) is 6.47. The van der Waals surface area contributed by atoms with E-state index in [-0.39, 0.29) is 24.0 Å². The van der Waals surface area contributed by atoms with E-state index in [1.54, 1.807) is 7.11 Å². The highest BCUT2D eigenvalue weighted by Crippen LogP contribution is 2.40. The van der Waals surface area contributed by atoms with Crippen molar-refractivity contribution in [3.63, 3.8) is 0 Å². The molecule has 1 saturated carbocycles. The third-order valence-electron chi connectivity index (χ3n) is 6.05. The van der Waals surface area contributed by atoms with Crippen LogP contribution < -0.4 is 15.5 Å². The molecule has 28 heavy (non-hydrogen) atoms. The molecule has 158 valence electrons. The summed E-state index contributed by atoms with van der Waals surface area (Å²) in [7, 11) is 3.63. The van der Waals surface area contributed by atoms with E-state index < -0.39 is 0 Å². The SMILES string of the molecule is CN=C(NCc1ccc(N2CCCC2)nc1)NCC1(CCOC)CCCC1.I. The quantitative estimate of drug-likeness (QED) is 0.324. The van der Waals surface area contributed by atoms with Crippen molar-refractivity contribution in [2.75, 3.05) is 45.3 Å². The van der Waals surface area contributed by atoms with E-state index in [1.165, 1.54) is 44.1 Å². The Morgan fingerprint density at radius 3 is 2.54 bits per heavy atom. The van der Waals surface area contributed by atoms with Crippen molar-refractivity contribution < 1.29 is 4.74 Å². The monoisotopic (exact) mass is 501 g/mol. The Morgan fingerprint density at radius 2 is 1.93 bits per heavy atom. The van der Waals surface area contributed by atoms with Crippen LogP contribution in [0.3, 0.4) is 0 Å². The Hall–Kier alpha value is -1.09.